The van der Waals surface area contributed by atoms with Crippen molar-refractivity contribution in [3.05, 3.63) is 65.4 Å². The van der Waals surface area contributed by atoms with Crippen molar-refractivity contribution < 1.29 is 23.4 Å². The van der Waals surface area contributed by atoms with E-state index in [1.165, 1.54) is 29.8 Å². The molecule has 0 atom stereocenters. The highest BCUT2D eigenvalue weighted by Gasteiger charge is 2.25. The number of fused-ring (bicyclic) bond motifs is 1. The van der Waals surface area contributed by atoms with Gasteiger partial charge in [-0.1, -0.05) is 6.07 Å². The van der Waals surface area contributed by atoms with Gasteiger partial charge in [-0.15, -0.1) is 0 Å². The van der Waals surface area contributed by atoms with Crippen molar-refractivity contribution in [3.8, 4) is 5.75 Å². The third-order valence-electron chi connectivity index (χ3n) is 5.58. The van der Waals surface area contributed by atoms with Gasteiger partial charge in [0.1, 0.15) is 5.75 Å². The van der Waals surface area contributed by atoms with Gasteiger partial charge in [0.05, 0.1) is 11.3 Å². The molecule has 4 rings (SSSR count). The number of hydrogen-bond acceptors (Lipinski definition) is 5. The Labute approximate surface area is 194 Å². The van der Waals surface area contributed by atoms with E-state index in [9.17, 15) is 13.2 Å². The Morgan fingerprint density at radius 2 is 1.76 bits per heavy atom. The van der Waals surface area contributed by atoms with Crippen molar-refractivity contribution in [2.45, 2.75) is 25.0 Å². The van der Waals surface area contributed by atoms with Crippen molar-refractivity contribution in [1.29, 1.82) is 0 Å². The first-order valence-corrected chi connectivity index (χ1v) is 12.5. The van der Waals surface area contributed by atoms with Gasteiger partial charge >= 0.3 is 5.97 Å². The van der Waals surface area contributed by atoms with Crippen LogP contribution < -0.4 is 0 Å². The van der Waals surface area contributed by atoms with E-state index in [-0.39, 0.29) is 17.1 Å². The quantitative estimate of drug-likeness (QED) is 0.485. The minimum absolute atomic E-state index is 0.0741. The summed E-state index contributed by atoms with van der Waals surface area (Å²) in [6.07, 6.45) is 4.94. The summed E-state index contributed by atoms with van der Waals surface area (Å²) in [5.41, 5.74) is 3.36. The summed E-state index contributed by atoms with van der Waals surface area (Å²) in [5, 5.41) is 18.3. The fourth-order valence-electron chi connectivity index (χ4n) is 3.74. The number of phenolic OH excluding ortho intramolecular Hbond substituents is 1. The van der Waals surface area contributed by atoms with Gasteiger partial charge in [0.15, 0.2) is 0 Å². The second kappa shape index (κ2) is 10.8. The van der Waals surface area contributed by atoms with Gasteiger partial charge in [0, 0.05) is 36.7 Å². The topological polar surface area (TPSA) is 114 Å². The lowest BCUT2D eigenvalue weighted by molar-refractivity contribution is 0.0697. The average Bonchev–Trinajstić information content (AvgIpc) is 3.43. The Hall–Kier alpha value is -2.88. The van der Waals surface area contributed by atoms with Crippen LogP contribution >= 0.6 is 0 Å². The molecule has 9 heteroatoms. The molecule has 0 spiro atoms. The molecular weight excluding hydrogens is 442 g/mol. The van der Waals surface area contributed by atoms with Gasteiger partial charge in [0.2, 0.25) is 10.0 Å². The zero-order valence-corrected chi connectivity index (χ0v) is 19.8. The van der Waals surface area contributed by atoms with Crippen LogP contribution in [0.1, 0.15) is 34.3 Å². The van der Waals surface area contributed by atoms with Crippen LogP contribution in [0, 0.1) is 0 Å². The van der Waals surface area contributed by atoms with Gasteiger partial charge in [-0.3, -0.25) is 0 Å². The standard InChI is InChI=1S/C17H25N3O2S.C7H6O3/c1-19(2)10-7-15-12-18-17-6-5-14(11-16(15)17)13-23(21,22)20-8-3-4-9-20;8-6-3-1-5(2-4-6)7(9)10/h5-6,11-12,18H,3-4,7-10,13H2,1-2H3;1-4,8H,(H,9,10). The number of hydrogen-bond donors (Lipinski definition) is 3. The van der Waals surface area contributed by atoms with Crippen molar-refractivity contribution in [3.63, 3.8) is 0 Å². The van der Waals surface area contributed by atoms with Gasteiger partial charge < -0.3 is 20.1 Å². The van der Waals surface area contributed by atoms with E-state index in [4.69, 9.17) is 10.2 Å². The molecule has 178 valence electrons. The van der Waals surface area contributed by atoms with Gasteiger partial charge in [0.25, 0.3) is 0 Å². The Balaban J connectivity index is 0.000000257. The minimum atomic E-state index is -3.19. The Morgan fingerprint density at radius 3 is 2.36 bits per heavy atom. The molecule has 0 unspecified atom stereocenters. The number of aromatic amines is 1. The maximum atomic E-state index is 12.5. The molecule has 3 aromatic rings. The van der Waals surface area contributed by atoms with Crippen LogP contribution in [0.4, 0.5) is 0 Å². The number of nitrogens with one attached hydrogen (secondary N) is 1. The molecule has 1 aliphatic heterocycles. The van der Waals surface area contributed by atoms with Crippen LogP contribution in [-0.2, 0) is 22.2 Å². The third-order valence-corrected chi connectivity index (χ3v) is 7.43. The molecule has 0 radical (unpaired) electrons. The Bertz CT molecular complexity index is 1180. The van der Waals surface area contributed by atoms with Crippen molar-refractivity contribution in [2.24, 2.45) is 0 Å². The second-order valence-electron chi connectivity index (χ2n) is 8.46. The van der Waals surface area contributed by atoms with Gasteiger partial charge in [-0.05, 0) is 80.9 Å². The minimum Gasteiger partial charge on any atom is -0.508 e. The van der Waals surface area contributed by atoms with E-state index in [0.29, 0.717) is 13.1 Å². The molecule has 1 aliphatic rings. The number of sulfonamides is 1. The first-order valence-electron chi connectivity index (χ1n) is 10.9. The van der Waals surface area contributed by atoms with Gasteiger partial charge in [-0.25, -0.2) is 17.5 Å². The van der Waals surface area contributed by atoms with Crippen LogP contribution in [0.2, 0.25) is 0 Å². The van der Waals surface area contributed by atoms with E-state index in [0.717, 1.165) is 42.3 Å². The largest absolute Gasteiger partial charge is 0.508 e. The summed E-state index contributed by atoms with van der Waals surface area (Å²) in [5.74, 6) is -0.814. The molecule has 3 N–H and O–H groups in total. The first kappa shape index (κ1) is 24.8. The Kier molecular flexibility index (Phi) is 8.12. The van der Waals surface area contributed by atoms with Crippen LogP contribution in [0.25, 0.3) is 10.9 Å². The third kappa shape index (κ3) is 6.80. The van der Waals surface area contributed by atoms with Crippen LogP contribution in [0.5, 0.6) is 5.75 Å². The number of likely N-dealkylation sites (N-methyl/N-ethyl adjacent to an activating group) is 1. The SMILES string of the molecule is CN(C)CCc1c[nH]c2ccc(CS(=O)(=O)N3CCCC3)cc12.O=C(O)c1ccc(O)cc1. The molecule has 2 aromatic carbocycles. The molecule has 0 amide bonds. The summed E-state index contributed by atoms with van der Waals surface area (Å²) in [6.45, 7) is 2.31. The fraction of sp³-hybridized carbons (Fsp3) is 0.375. The number of benzene rings is 2. The number of carboxylic acid groups (broad SMARTS) is 1. The van der Waals surface area contributed by atoms with E-state index in [1.807, 2.05) is 24.4 Å². The van der Waals surface area contributed by atoms with Crippen LogP contribution in [0.3, 0.4) is 0 Å². The van der Waals surface area contributed by atoms with E-state index >= 15 is 0 Å². The summed E-state index contributed by atoms with van der Waals surface area (Å²) in [4.78, 5) is 15.7. The van der Waals surface area contributed by atoms with E-state index in [2.05, 4.69) is 24.0 Å². The lowest BCUT2D eigenvalue weighted by atomic mass is 10.1. The maximum absolute atomic E-state index is 12.5. The summed E-state index contributed by atoms with van der Waals surface area (Å²) in [6, 6.07) is 11.3. The predicted octanol–water partition coefficient (Wildman–Crippen LogP) is 3.29. The highest BCUT2D eigenvalue weighted by atomic mass is 32.2. The number of aromatic nitrogens is 1. The number of carbonyl (C=O) groups is 1. The maximum Gasteiger partial charge on any atom is 0.335 e. The molecule has 0 saturated carbocycles. The highest BCUT2D eigenvalue weighted by molar-refractivity contribution is 7.88. The number of phenols is 1. The van der Waals surface area contributed by atoms with Crippen LogP contribution in [0.15, 0.2) is 48.7 Å². The molecule has 2 heterocycles. The number of carboxylic acids is 1. The molecule has 1 aromatic heterocycles. The zero-order valence-electron chi connectivity index (χ0n) is 19.0. The molecule has 0 bridgehead atoms. The highest BCUT2D eigenvalue weighted by Crippen LogP contribution is 2.23. The summed E-state index contributed by atoms with van der Waals surface area (Å²) >= 11 is 0. The van der Waals surface area contributed by atoms with Crippen LogP contribution in [-0.4, -0.2) is 72.5 Å². The van der Waals surface area contributed by atoms with Crippen molar-refractivity contribution >= 4 is 26.9 Å². The predicted molar refractivity (Wildman–Crippen MR) is 129 cm³/mol. The molecular formula is C24H31N3O5S. The zero-order chi connectivity index (χ0) is 24.0. The molecule has 1 fully saturated rings. The number of aromatic carboxylic acids is 1. The molecule has 0 aliphatic carbocycles. The smallest absolute Gasteiger partial charge is 0.335 e. The second-order valence-corrected chi connectivity index (χ2v) is 10.4. The monoisotopic (exact) mass is 473 g/mol. The lowest BCUT2D eigenvalue weighted by Crippen LogP contribution is -2.29. The fourth-order valence-corrected chi connectivity index (χ4v) is 5.34. The number of rotatable bonds is 7. The number of nitrogens with zero attached hydrogens (tertiary/aromatic N) is 2. The van der Waals surface area contributed by atoms with Crippen molar-refractivity contribution in [2.75, 3.05) is 33.7 Å². The summed E-state index contributed by atoms with van der Waals surface area (Å²) in [7, 11) is 0.928. The molecule has 33 heavy (non-hydrogen) atoms. The lowest BCUT2D eigenvalue weighted by Gasteiger charge is -2.15. The average molecular weight is 474 g/mol. The normalized spacial score (nSPS) is 14.4. The van der Waals surface area contributed by atoms with E-state index < -0.39 is 16.0 Å². The van der Waals surface area contributed by atoms with E-state index in [1.54, 1.807) is 4.31 Å². The van der Waals surface area contributed by atoms with Crippen molar-refractivity contribution in [1.82, 2.24) is 14.2 Å². The number of aromatic hydroxyl groups is 1. The Morgan fingerprint density at radius 1 is 1.09 bits per heavy atom. The summed E-state index contributed by atoms with van der Waals surface area (Å²) < 4.78 is 26.6. The number of H-pyrrole nitrogens is 1. The molecule has 8 nitrogen and oxygen atoms in total. The molecule has 1 saturated heterocycles. The first-order chi connectivity index (χ1) is 15.7. The van der Waals surface area contributed by atoms with Gasteiger partial charge in [-0.2, -0.15) is 0 Å².